The number of methoxy groups -OCH3 is 1. The Hall–Kier alpha value is -1.93. The van der Waals surface area contributed by atoms with Gasteiger partial charge in [0.15, 0.2) is 6.79 Å². The maximum atomic E-state index is 6.24. The lowest BCUT2D eigenvalue weighted by molar-refractivity contribution is 0.0494. The molecule has 1 N–H and O–H groups in total. The van der Waals surface area contributed by atoms with E-state index in [-0.39, 0.29) is 11.9 Å². The molecule has 0 saturated heterocycles. The van der Waals surface area contributed by atoms with Crippen LogP contribution in [0.4, 0.5) is 0 Å². The Morgan fingerprint density at radius 1 is 1.10 bits per heavy atom. The molecule has 1 aliphatic rings. The van der Waals surface area contributed by atoms with Crippen LogP contribution in [0.2, 0.25) is 0 Å². The van der Waals surface area contributed by atoms with Crippen LogP contribution in [0, 0.1) is 0 Å². The fourth-order valence-electron chi connectivity index (χ4n) is 4.14. The minimum absolute atomic E-state index is 0.00573. The van der Waals surface area contributed by atoms with Gasteiger partial charge in [0.25, 0.3) is 0 Å². The van der Waals surface area contributed by atoms with Gasteiger partial charge < -0.3 is 14.8 Å². The number of para-hydroxylation sites is 1. The zero-order valence-corrected chi connectivity index (χ0v) is 20.3. The average molecular weight is 438 g/mol. The molecule has 0 fully saturated rings. The zero-order chi connectivity index (χ0) is 22.1. The molecule has 0 aromatic heterocycles. The van der Waals surface area contributed by atoms with E-state index in [2.05, 4.69) is 79.8 Å². The summed E-state index contributed by atoms with van der Waals surface area (Å²) >= 11 is 0. The molecule has 0 radical (unpaired) electrons. The summed E-state index contributed by atoms with van der Waals surface area (Å²) in [6.45, 7) is 5.91. The monoisotopic (exact) mass is 437 g/mol. The molecule has 2 unspecified atom stereocenters. The van der Waals surface area contributed by atoms with E-state index < -0.39 is 0 Å². The van der Waals surface area contributed by atoms with Crippen LogP contribution in [-0.4, -0.2) is 27.5 Å². The van der Waals surface area contributed by atoms with E-state index in [0.717, 1.165) is 38.0 Å². The fraction of sp³-hybridized carbons (Fsp3) is 0.407. The Labute approximate surface area is 189 Å². The minimum Gasteiger partial charge on any atom is -0.467 e. The largest absolute Gasteiger partial charge is 0.467 e. The minimum atomic E-state index is 0.00573. The SMILES string of the molecule is CCC(C)(PC1=C(CNC)CCC=C1)c1cccc(Cc2ccccc2)c1OCOC. The summed E-state index contributed by atoms with van der Waals surface area (Å²) < 4.78 is 11.5. The van der Waals surface area contributed by atoms with Gasteiger partial charge in [-0.3, -0.25) is 0 Å². The average Bonchev–Trinajstić information content (AvgIpc) is 2.80. The van der Waals surface area contributed by atoms with E-state index in [0.29, 0.717) is 8.58 Å². The van der Waals surface area contributed by atoms with Crippen LogP contribution in [0.15, 0.2) is 71.6 Å². The topological polar surface area (TPSA) is 30.5 Å². The van der Waals surface area contributed by atoms with Gasteiger partial charge in [0, 0.05) is 30.8 Å². The van der Waals surface area contributed by atoms with Crippen molar-refractivity contribution in [1.29, 1.82) is 0 Å². The smallest absolute Gasteiger partial charge is 0.188 e. The van der Waals surface area contributed by atoms with E-state index in [1.165, 1.54) is 22.0 Å². The van der Waals surface area contributed by atoms with Crippen molar-refractivity contribution in [3.8, 4) is 5.75 Å². The summed E-state index contributed by atoms with van der Waals surface area (Å²) in [7, 11) is 4.41. The van der Waals surface area contributed by atoms with Crippen LogP contribution < -0.4 is 10.1 Å². The molecular formula is C27H36NO2P. The maximum Gasteiger partial charge on any atom is 0.188 e. The molecular weight excluding hydrogens is 401 g/mol. The van der Waals surface area contributed by atoms with E-state index in [1.54, 1.807) is 12.7 Å². The van der Waals surface area contributed by atoms with Crippen molar-refractivity contribution in [3.63, 3.8) is 0 Å². The second-order valence-electron chi connectivity index (χ2n) is 8.31. The van der Waals surface area contributed by atoms with Gasteiger partial charge in [-0.05, 0) is 48.3 Å². The van der Waals surface area contributed by atoms with E-state index in [1.807, 2.05) is 7.05 Å². The standard InChI is InChI=1S/C27H36NO2P/c1-5-27(2,31-25-17-10-9-14-23(25)19-28-3)24-16-11-15-22(26(24)30-20-29-4)18-21-12-7-6-8-13-21/h6-8,10-13,15-17,28,31H,5,9,14,18-20H2,1-4H3. The van der Waals surface area contributed by atoms with Crippen LogP contribution in [0.3, 0.4) is 0 Å². The Bertz CT molecular complexity index is 907. The van der Waals surface area contributed by atoms with Crippen molar-refractivity contribution in [2.45, 2.75) is 44.7 Å². The predicted molar refractivity (Wildman–Crippen MR) is 133 cm³/mol. The zero-order valence-electron chi connectivity index (χ0n) is 19.3. The molecule has 1 aliphatic carbocycles. The predicted octanol–water partition coefficient (Wildman–Crippen LogP) is 6.39. The fourth-order valence-corrected chi connectivity index (χ4v) is 5.84. The quantitative estimate of drug-likeness (QED) is 0.326. The number of allylic oxidation sites excluding steroid dienone is 3. The second kappa shape index (κ2) is 11.6. The van der Waals surface area contributed by atoms with Crippen LogP contribution in [0.1, 0.15) is 49.8 Å². The molecule has 2 atom stereocenters. The van der Waals surface area contributed by atoms with Gasteiger partial charge in [-0.2, -0.15) is 0 Å². The first kappa shape index (κ1) is 23.7. The van der Waals surface area contributed by atoms with Crippen molar-refractivity contribution in [1.82, 2.24) is 5.32 Å². The highest BCUT2D eigenvalue weighted by molar-refractivity contribution is 7.44. The Balaban J connectivity index is 2.01. The first-order valence-electron chi connectivity index (χ1n) is 11.2. The van der Waals surface area contributed by atoms with Gasteiger partial charge in [0.1, 0.15) is 5.75 Å². The molecule has 3 nitrogen and oxygen atoms in total. The van der Waals surface area contributed by atoms with Gasteiger partial charge >= 0.3 is 0 Å². The van der Waals surface area contributed by atoms with Crippen molar-refractivity contribution < 1.29 is 9.47 Å². The Morgan fingerprint density at radius 2 is 1.90 bits per heavy atom. The van der Waals surface area contributed by atoms with Crippen LogP contribution >= 0.6 is 8.58 Å². The van der Waals surface area contributed by atoms with Gasteiger partial charge in [-0.1, -0.05) is 83.1 Å². The molecule has 2 aromatic rings. The van der Waals surface area contributed by atoms with Crippen molar-refractivity contribution in [2.24, 2.45) is 0 Å². The number of hydrogen-bond donors (Lipinski definition) is 1. The lowest BCUT2D eigenvalue weighted by Gasteiger charge is -2.33. The summed E-state index contributed by atoms with van der Waals surface area (Å²) in [6.07, 6.45) is 8.87. The maximum absolute atomic E-state index is 6.24. The first-order chi connectivity index (χ1) is 15.1. The molecule has 0 spiro atoms. The number of rotatable bonds is 11. The molecule has 4 heteroatoms. The molecule has 2 aromatic carbocycles. The van der Waals surface area contributed by atoms with Crippen LogP contribution in [-0.2, 0) is 16.3 Å². The van der Waals surface area contributed by atoms with E-state index >= 15 is 0 Å². The second-order valence-corrected chi connectivity index (χ2v) is 10.2. The third kappa shape index (κ3) is 6.07. The van der Waals surface area contributed by atoms with Crippen molar-refractivity contribution >= 4 is 8.58 Å². The summed E-state index contributed by atoms with van der Waals surface area (Å²) in [4.78, 5) is 0. The molecule has 3 rings (SSSR count). The number of benzene rings is 2. The van der Waals surface area contributed by atoms with Gasteiger partial charge in [-0.15, -0.1) is 0 Å². The molecule has 0 saturated carbocycles. The third-order valence-electron chi connectivity index (χ3n) is 6.04. The molecule has 0 heterocycles. The first-order valence-corrected chi connectivity index (χ1v) is 12.2. The number of nitrogens with one attached hydrogen (secondary N) is 1. The van der Waals surface area contributed by atoms with Gasteiger partial charge in [-0.25, -0.2) is 0 Å². The molecule has 166 valence electrons. The van der Waals surface area contributed by atoms with Gasteiger partial charge in [0.2, 0.25) is 0 Å². The molecule has 0 amide bonds. The van der Waals surface area contributed by atoms with Gasteiger partial charge in [0.05, 0.1) is 0 Å². The van der Waals surface area contributed by atoms with Crippen LogP contribution in [0.5, 0.6) is 5.75 Å². The lowest BCUT2D eigenvalue weighted by atomic mass is 9.92. The third-order valence-corrected chi connectivity index (χ3v) is 8.00. The summed E-state index contributed by atoms with van der Waals surface area (Å²) in [5.74, 6) is 0.987. The summed E-state index contributed by atoms with van der Waals surface area (Å²) in [5, 5.41) is 4.86. The lowest BCUT2D eigenvalue weighted by Crippen LogP contribution is -2.19. The highest BCUT2D eigenvalue weighted by Crippen LogP contribution is 2.54. The van der Waals surface area contributed by atoms with Crippen molar-refractivity contribution in [2.75, 3.05) is 27.5 Å². The number of ether oxygens (including phenoxy) is 2. The molecule has 0 aliphatic heterocycles. The molecule has 31 heavy (non-hydrogen) atoms. The molecule has 0 bridgehead atoms. The van der Waals surface area contributed by atoms with Crippen LogP contribution in [0.25, 0.3) is 0 Å². The van der Waals surface area contributed by atoms with Crippen molar-refractivity contribution in [3.05, 3.63) is 88.3 Å². The highest BCUT2D eigenvalue weighted by atomic mass is 31.1. The normalized spacial score (nSPS) is 16.1. The Morgan fingerprint density at radius 3 is 2.61 bits per heavy atom. The Kier molecular flexibility index (Phi) is 8.90. The highest BCUT2D eigenvalue weighted by Gasteiger charge is 2.31. The summed E-state index contributed by atoms with van der Waals surface area (Å²) in [6, 6.07) is 17.2. The van der Waals surface area contributed by atoms with E-state index in [9.17, 15) is 0 Å². The number of hydrogen-bond acceptors (Lipinski definition) is 3. The number of likely N-dealkylation sites (N-methyl/N-ethyl adjacent to an activating group) is 1. The van der Waals surface area contributed by atoms with E-state index in [4.69, 9.17) is 9.47 Å². The summed E-state index contributed by atoms with van der Waals surface area (Å²) in [5.41, 5.74) is 5.34.